The van der Waals surface area contributed by atoms with Crippen LogP contribution in [0.25, 0.3) is 0 Å². The molecule has 1 fully saturated rings. The quantitative estimate of drug-likeness (QED) is 0.566. The fourth-order valence-electron chi connectivity index (χ4n) is 3.73. The maximum Gasteiger partial charge on any atom is 0.227 e. The SMILES string of the molecule is CC(C)c1cc(C#N)cc(C2CC2)c1CC(=O)N=[S-](=O)c1ccc(CN(C)C)cc1F. The van der Waals surface area contributed by atoms with Crippen LogP contribution in [0.15, 0.2) is 39.6 Å². The summed E-state index contributed by atoms with van der Waals surface area (Å²) < 4.78 is 30.8. The third kappa shape index (κ3) is 5.78. The van der Waals surface area contributed by atoms with Crippen LogP contribution < -0.4 is 0 Å². The summed E-state index contributed by atoms with van der Waals surface area (Å²) in [5.41, 5.74) is 4.15. The summed E-state index contributed by atoms with van der Waals surface area (Å²) in [7, 11) is 1.64. The van der Waals surface area contributed by atoms with Crippen molar-refractivity contribution in [1.82, 2.24) is 4.90 Å². The van der Waals surface area contributed by atoms with Crippen molar-refractivity contribution in [2.75, 3.05) is 14.1 Å². The predicted octanol–water partition coefficient (Wildman–Crippen LogP) is 5.04. The Morgan fingerprint density at radius 3 is 2.55 bits per heavy atom. The molecule has 0 saturated heterocycles. The van der Waals surface area contributed by atoms with Gasteiger partial charge in [-0.05, 0) is 79.2 Å². The van der Waals surface area contributed by atoms with E-state index in [9.17, 15) is 18.7 Å². The fraction of sp³-hybridized carbons (Fsp3) is 0.417. The van der Waals surface area contributed by atoms with Crippen molar-refractivity contribution in [2.45, 2.75) is 56.4 Å². The van der Waals surface area contributed by atoms with Crippen molar-refractivity contribution < 1.29 is 13.4 Å². The molecule has 3 rings (SSSR count). The van der Waals surface area contributed by atoms with E-state index < -0.39 is 22.3 Å². The summed E-state index contributed by atoms with van der Waals surface area (Å²) in [5, 5.41) is 9.37. The fourth-order valence-corrected chi connectivity index (χ4v) is 4.49. The Morgan fingerprint density at radius 2 is 2.00 bits per heavy atom. The van der Waals surface area contributed by atoms with Crippen LogP contribution in [0.4, 0.5) is 4.39 Å². The number of hydrogen-bond donors (Lipinski definition) is 0. The highest BCUT2D eigenvalue weighted by atomic mass is 32.2. The summed E-state index contributed by atoms with van der Waals surface area (Å²) in [6, 6.07) is 10.3. The Hall–Kier alpha value is -2.56. The number of carbonyl (C=O) groups is 1. The van der Waals surface area contributed by atoms with Crippen LogP contribution in [0.2, 0.25) is 0 Å². The molecule has 0 aliphatic heterocycles. The van der Waals surface area contributed by atoms with E-state index in [1.54, 1.807) is 6.07 Å². The van der Waals surface area contributed by atoms with E-state index in [0.29, 0.717) is 18.0 Å². The van der Waals surface area contributed by atoms with Gasteiger partial charge < -0.3 is 13.5 Å². The van der Waals surface area contributed by atoms with Crippen LogP contribution in [0.3, 0.4) is 0 Å². The molecule has 0 aromatic heterocycles. The van der Waals surface area contributed by atoms with E-state index in [2.05, 4.69) is 10.4 Å². The summed E-state index contributed by atoms with van der Waals surface area (Å²) in [6.45, 7) is 4.59. The number of benzene rings is 2. The van der Waals surface area contributed by atoms with Gasteiger partial charge in [0.05, 0.1) is 18.1 Å². The Morgan fingerprint density at radius 1 is 1.29 bits per heavy atom. The van der Waals surface area contributed by atoms with Crippen LogP contribution in [-0.2, 0) is 32.6 Å². The van der Waals surface area contributed by atoms with Gasteiger partial charge in [-0.15, -0.1) is 0 Å². The van der Waals surface area contributed by atoms with Crippen LogP contribution in [-0.4, -0.2) is 24.9 Å². The summed E-state index contributed by atoms with van der Waals surface area (Å²) in [4.78, 5) is 14.5. The molecule has 1 saturated carbocycles. The monoisotopic (exact) mass is 440 g/mol. The largest absolute Gasteiger partial charge is 0.439 e. The Bertz CT molecular complexity index is 1100. The highest BCUT2D eigenvalue weighted by molar-refractivity contribution is 7.75. The lowest BCUT2D eigenvalue weighted by atomic mass is 9.87. The molecule has 7 heteroatoms. The normalized spacial score (nSPS) is 14.8. The van der Waals surface area contributed by atoms with E-state index in [-0.39, 0.29) is 17.2 Å². The first-order valence-corrected chi connectivity index (χ1v) is 11.5. The average molecular weight is 441 g/mol. The molecule has 164 valence electrons. The van der Waals surface area contributed by atoms with Gasteiger partial charge in [-0.2, -0.15) is 15.9 Å². The molecule has 2 aromatic rings. The first-order chi connectivity index (χ1) is 14.7. The van der Waals surface area contributed by atoms with Gasteiger partial charge in [-0.25, -0.2) is 4.39 Å². The third-order valence-electron chi connectivity index (χ3n) is 5.28. The number of amides is 1. The minimum Gasteiger partial charge on any atom is -0.439 e. The number of rotatable bonds is 7. The number of halogens is 1. The molecule has 0 atom stereocenters. The van der Waals surface area contributed by atoms with Crippen LogP contribution in [0.1, 0.15) is 66.3 Å². The van der Waals surface area contributed by atoms with Crippen LogP contribution in [0, 0.1) is 17.1 Å². The first-order valence-electron chi connectivity index (χ1n) is 10.4. The minimum absolute atomic E-state index is 0.00285. The van der Waals surface area contributed by atoms with Crippen molar-refractivity contribution in [3.8, 4) is 6.07 Å². The number of hydrogen-bond acceptors (Lipinski definition) is 5. The number of nitrogens with zero attached hydrogens (tertiary/aromatic N) is 3. The topological polar surface area (TPSA) is 73.5 Å². The molecule has 1 aliphatic carbocycles. The molecule has 0 bridgehead atoms. The van der Waals surface area contributed by atoms with Gasteiger partial charge in [0.25, 0.3) is 0 Å². The Kier molecular flexibility index (Phi) is 7.24. The van der Waals surface area contributed by atoms with Crippen molar-refractivity contribution in [3.63, 3.8) is 0 Å². The zero-order valence-corrected chi connectivity index (χ0v) is 19.1. The van der Waals surface area contributed by atoms with Gasteiger partial charge in [-0.3, -0.25) is 4.79 Å². The highest BCUT2D eigenvalue weighted by Gasteiger charge is 2.29. The summed E-state index contributed by atoms with van der Waals surface area (Å²) in [6.07, 6.45) is 2.06. The molecule has 2 aromatic carbocycles. The molecule has 0 N–H and O–H groups in total. The van der Waals surface area contributed by atoms with Crippen molar-refractivity contribution in [2.24, 2.45) is 4.36 Å². The van der Waals surface area contributed by atoms with Crippen molar-refractivity contribution in [3.05, 3.63) is 64.0 Å². The molecular formula is C24H27FN3O2S-. The number of nitriles is 1. The van der Waals surface area contributed by atoms with E-state index >= 15 is 0 Å². The van der Waals surface area contributed by atoms with Crippen LogP contribution >= 0.6 is 0 Å². The summed E-state index contributed by atoms with van der Waals surface area (Å²) in [5.74, 6) is -0.709. The zero-order valence-electron chi connectivity index (χ0n) is 18.3. The zero-order chi connectivity index (χ0) is 22.7. The van der Waals surface area contributed by atoms with E-state index in [4.69, 9.17) is 0 Å². The lowest BCUT2D eigenvalue weighted by Gasteiger charge is -2.18. The molecule has 0 spiro atoms. The maximum absolute atomic E-state index is 14.4. The van der Waals surface area contributed by atoms with E-state index in [1.807, 2.05) is 45.0 Å². The van der Waals surface area contributed by atoms with Gasteiger partial charge in [0, 0.05) is 6.54 Å². The third-order valence-corrected chi connectivity index (χ3v) is 6.36. The standard InChI is InChI=1S/C24H27FN3O2S/c1-15(2)19-9-17(13-26)10-20(18-6-7-18)21(19)12-24(29)27-31(30)23-8-5-16(11-22(23)25)14-28(3)4/h5,8-11,15,18H,6-7,12,14H2,1-4H3/q-1. The van der Waals surface area contributed by atoms with E-state index in [0.717, 1.165) is 35.1 Å². The van der Waals surface area contributed by atoms with E-state index in [1.165, 1.54) is 12.1 Å². The van der Waals surface area contributed by atoms with Crippen molar-refractivity contribution in [1.29, 1.82) is 5.26 Å². The Labute approximate surface area is 185 Å². The molecule has 0 radical (unpaired) electrons. The summed E-state index contributed by atoms with van der Waals surface area (Å²) >= 11 is 0. The molecule has 1 aliphatic rings. The second-order valence-corrected chi connectivity index (χ2v) is 9.71. The number of carbonyl (C=O) groups excluding carboxylic acids is 1. The predicted molar refractivity (Wildman–Crippen MR) is 118 cm³/mol. The molecular weight excluding hydrogens is 413 g/mol. The lowest BCUT2D eigenvalue weighted by molar-refractivity contribution is -0.117. The molecule has 1 amide bonds. The molecule has 5 nitrogen and oxygen atoms in total. The maximum atomic E-state index is 14.4. The average Bonchev–Trinajstić information content (AvgIpc) is 3.52. The smallest absolute Gasteiger partial charge is 0.227 e. The van der Waals surface area contributed by atoms with Gasteiger partial charge in [0.15, 0.2) is 0 Å². The minimum atomic E-state index is -2.11. The molecule has 0 unspecified atom stereocenters. The van der Waals surface area contributed by atoms with Gasteiger partial charge in [0.2, 0.25) is 5.91 Å². The van der Waals surface area contributed by atoms with Crippen molar-refractivity contribution >= 4 is 16.5 Å². The van der Waals surface area contributed by atoms with Gasteiger partial charge >= 0.3 is 0 Å². The van der Waals surface area contributed by atoms with Gasteiger partial charge in [-0.1, -0.05) is 30.9 Å². The highest BCUT2D eigenvalue weighted by Crippen LogP contribution is 2.44. The van der Waals surface area contributed by atoms with Gasteiger partial charge in [0.1, 0.15) is 5.82 Å². The second kappa shape index (κ2) is 9.71. The van der Waals surface area contributed by atoms with Crippen LogP contribution in [0.5, 0.6) is 0 Å². The molecule has 31 heavy (non-hydrogen) atoms. The Balaban J connectivity index is 1.89. The first kappa shape index (κ1) is 23.1. The second-order valence-electron chi connectivity index (χ2n) is 8.59. The molecule has 0 heterocycles. The lowest BCUT2D eigenvalue weighted by Crippen LogP contribution is -2.11.